The van der Waals surface area contributed by atoms with E-state index < -0.39 is 11.6 Å². The molecule has 1 atom stereocenters. The van der Waals surface area contributed by atoms with Crippen molar-refractivity contribution < 1.29 is 8.78 Å². The number of halogens is 2. The molecule has 0 amide bonds. The zero-order valence-corrected chi connectivity index (χ0v) is 11.0. The lowest BCUT2D eigenvalue weighted by atomic mass is 9.76. The van der Waals surface area contributed by atoms with E-state index in [9.17, 15) is 8.78 Å². The first kappa shape index (κ1) is 13.0. The minimum absolute atomic E-state index is 0.122. The van der Waals surface area contributed by atoms with Crippen molar-refractivity contribution in [3.8, 4) is 0 Å². The fourth-order valence-corrected chi connectivity index (χ4v) is 3.21. The van der Waals surface area contributed by atoms with Crippen molar-refractivity contribution in [1.29, 1.82) is 0 Å². The van der Waals surface area contributed by atoms with Crippen molar-refractivity contribution in [3.63, 3.8) is 0 Å². The number of nitrogens with zero attached hydrogens (tertiary/aromatic N) is 1. The predicted molar refractivity (Wildman–Crippen MR) is 70.9 cm³/mol. The Morgan fingerprint density at radius 3 is 2.47 bits per heavy atom. The molecule has 104 valence electrons. The van der Waals surface area contributed by atoms with Crippen LogP contribution in [0.2, 0.25) is 0 Å². The lowest BCUT2D eigenvalue weighted by Gasteiger charge is -2.43. The second kappa shape index (κ2) is 5.55. The third-order valence-electron chi connectivity index (χ3n) is 4.42. The molecule has 2 aliphatic rings. The third kappa shape index (κ3) is 2.65. The van der Waals surface area contributed by atoms with Crippen LogP contribution in [0.3, 0.4) is 0 Å². The van der Waals surface area contributed by atoms with E-state index >= 15 is 0 Å². The number of hydrogen-bond donors (Lipinski definition) is 1. The van der Waals surface area contributed by atoms with Crippen LogP contribution in [0.15, 0.2) is 18.2 Å². The molecule has 2 nitrogen and oxygen atoms in total. The largest absolute Gasteiger partial charge is 0.314 e. The fraction of sp³-hybridized carbons (Fsp3) is 0.600. The summed E-state index contributed by atoms with van der Waals surface area (Å²) < 4.78 is 27.2. The first-order chi connectivity index (χ1) is 9.25. The molecule has 1 aromatic carbocycles. The van der Waals surface area contributed by atoms with Crippen LogP contribution in [-0.2, 0) is 0 Å². The number of nitrogens with one attached hydrogen (secondary N) is 1. The van der Waals surface area contributed by atoms with Crippen LogP contribution in [-0.4, -0.2) is 31.1 Å². The maximum absolute atomic E-state index is 14.1. The Morgan fingerprint density at radius 1 is 1.16 bits per heavy atom. The van der Waals surface area contributed by atoms with Gasteiger partial charge in [-0.15, -0.1) is 0 Å². The van der Waals surface area contributed by atoms with Crippen molar-refractivity contribution in [2.75, 3.05) is 26.2 Å². The topological polar surface area (TPSA) is 15.3 Å². The van der Waals surface area contributed by atoms with E-state index in [0.29, 0.717) is 11.5 Å². The van der Waals surface area contributed by atoms with Gasteiger partial charge >= 0.3 is 0 Å². The van der Waals surface area contributed by atoms with Crippen molar-refractivity contribution >= 4 is 0 Å². The van der Waals surface area contributed by atoms with Crippen molar-refractivity contribution in [2.45, 2.75) is 25.3 Å². The Kier molecular flexibility index (Phi) is 3.80. The van der Waals surface area contributed by atoms with Gasteiger partial charge in [-0.2, -0.15) is 0 Å². The molecule has 1 saturated heterocycles. The summed E-state index contributed by atoms with van der Waals surface area (Å²) in [6.45, 7) is 3.79. The second-order valence-corrected chi connectivity index (χ2v) is 5.59. The van der Waals surface area contributed by atoms with Crippen LogP contribution in [0.1, 0.15) is 30.9 Å². The molecule has 1 saturated carbocycles. The number of rotatable bonds is 3. The van der Waals surface area contributed by atoms with E-state index in [-0.39, 0.29) is 6.04 Å². The van der Waals surface area contributed by atoms with Gasteiger partial charge in [0.05, 0.1) is 0 Å². The molecule has 1 aliphatic heterocycles. The summed E-state index contributed by atoms with van der Waals surface area (Å²) in [5, 5.41) is 3.32. The molecular weight excluding hydrogens is 246 g/mol. The van der Waals surface area contributed by atoms with Gasteiger partial charge in [-0.1, -0.05) is 12.5 Å². The van der Waals surface area contributed by atoms with Crippen LogP contribution >= 0.6 is 0 Å². The fourth-order valence-electron chi connectivity index (χ4n) is 3.21. The van der Waals surface area contributed by atoms with Crippen molar-refractivity contribution in [3.05, 3.63) is 35.4 Å². The third-order valence-corrected chi connectivity index (χ3v) is 4.42. The van der Waals surface area contributed by atoms with Gasteiger partial charge in [0.25, 0.3) is 0 Å². The first-order valence-corrected chi connectivity index (χ1v) is 7.15. The highest BCUT2D eigenvalue weighted by molar-refractivity contribution is 5.24. The molecule has 0 aromatic heterocycles. The Bertz CT molecular complexity index is 440. The zero-order valence-electron chi connectivity index (χ0n) is 11.0. The highest BCUT2D eigenvalue weighted by Gasteiger charge is 2.35. The maximum atomic E-state index is 14.1. The molecule has 1 aliphatic carbocycles. The highest BCUT2D eigenvalue weighted by atomic mass is 19.1. The lowest BCUT2D eigenvalue weighted by molar-refractivity contribution is 0.0811. The molecule has 0 radical (unpaired) electrons. The van der Waals surface area contributed by atoms with Crippen LogP contribution in [0.4, 0.5) is 8.78 Å². The zero-order chi connectivity index (χ0) is 13.2. The molecule has 1 unspecified atom stereocenters. The number of piperazine rings is 1. The van der Waals surface area contributed by atoms with Gasteiger partial charge < -0.3 is 5.32 Å². The van der Waals surface area contributed by atoms with Gasteiger partial charge in [-0.3, -0.25) is 4.90 Å². The Morgan fingerprint density at radius 2 is 1.89 bits per heavy atom. The van der Waals surface area contributed by atoms with Crippen LogP contribution in [0.5, 0.6) is 0 Å². The minimum Gasteiger partial charge on any atom is -0.314 e. The smallest absolute Gasteiger partial charge is 0.130 e. The van der Waals surface area contributed by atoms with E-state index in [1.165, 1.54) is 12.5 Å². The normalized spacial score (nSPS) is 23.1. The van der Waals surface area contributed by atoms with E-state index in [1.54, 1.807) is 6.07 Å². The standard InChI is InChI=1S/C15H20F2N2/c16-12-4-5-13(14(17)10-12)15(11-2-1-3-11)19-8-6-18-7-9-19/h4-5,10-11,15,18H,1-3,6-9H2. The predicted octanol–water partition coefficient (Wildman–Crippen LogP) is 2.71. The molecule has 1 N–H and O–H groups in total. The van der Waals surface area contributed by atoms with Gasteiger partial charge in [0, 0.05) is 43.9 Å². The molecule has 1 aromatic rings. The summed E-state index contributed by atoms with van der Waals surface area (Å²) in [6.07, 6.45) is 3.55. The van der Waals surface area contributed by atoms with Crippen molar-refractivity contribution in [2.24, 2.45) is 5.92 Å². The summed E-state index contributed by atoms with van der Waals surface area (Å²) in [4.78, 5) is 2.36. The van der Waals surface area contributed by atoms with Gasteiger partial charge in [0.1, 0.15) is 11.6 Å². The molecule has 19 heavy (non-hydrogen) atoms. The van der Waals surface area contributed by atoms with E-state index in [0.717, 1.165) is 45.1 Å². The Balaban J connectivity index is 1.88. The summed E-state index contributed by atoms with van der Waals surface area (Å²) in [6, 6.07) is 4.15. The Labute approximate surface area is 112 Å². The summed E-state index contributed by atoms with van der Waals surface area (Å²) in [5.74, 6) is -0.359. The SMILES string of the molecule is Fc1ccc(C(C2CCC2)N2CCNCC2)c(F)c1. The van der Waals surface area contributed by atoms with E-state index in [4.69, 9.17) is 0 Å². The molecule has 1 heterocycles. The average Bonchev–Trinajstić information content (AvgIpc) is 2.35. The van der Waals surface area contributed by atoms with Crippen LogP contribution in [0, 0.1) is 17.6 Å². The van der Waals surface area contributed by atoms with Crippen molar-refractivity contribution in [1.82, 2.24) is 10.2 Å². The van der Waals surface area contributed by atoms with Crippen LogP contribution in [0.25, 0.3) is 0 Å². The molecular formula is C15H20F2N2. The summed E-state index contributed by atoms with van der Waals surface area (Å²) in [5.41, 5.74) is 0.674. The number of hydrogen-bond acceptors (Lipinski definition) is 2. The van der Waals surface area contributed by atoms with E-state index in [2.05, 4.69) is 10.2 Å². The van der Waals surface area contributed by atoms with Gasteiger partial charge in [0.15, 0.2) is 0 Å². The molecule has 4 heteroatoms. The molecule has 0 bridgehead atoms. The number of benzene rings is 1. The molecule has 2 fully saturated rings. The maximum Gasteiger partial charge on any atom is 0.130 e. The monoisotopic (exact) mass is 266 g/mol. The first-order valence-electron chi connectivity index (χ1n) is 7.15. The van der Waals surface area contributed by atoms with Gasteiger partial charge in [-0.25, -0.2) is 8.78 Å². The Hall–Kier alpha value is -1.00. The summed E-state index contributed by atoms with van der Waals surface area (Å²) in [7, 11) is 0. The molecule has 0 spiro atoms. The van der Waals surface area contributed by atoms with E-state index in [1.807, 2.05) is 0 Å². The molecule has 3 rings (SSSR count). The highest BCUT2D eigenvalue weighted by Crippen LogP contribution is 2.42. The average molecular weight is 266 g/mol. The second-order valence-electron chi connectivity index (χ2n) is 5.59. The quantitative estimate of drug-likeness (QED) is 0.905. The van der Waals surface area contributed by atoms with Gasteiger partial charge in [-0.05, 0) is 24.8 Å². The van der Waals surface area contributed by atoms with Crippen LogP contribution < -0.4 is 5.32 Å². The lowest BCUT2D eigenvalue weighted by Crippen LogP contribution is -2.48. The minimum atomic E-state index is -0.492. The van der Waals surface area contributed by atoms with Gasteiger partial charge in [0.2, 0.25) is 0 Å². The summed E-state index contributed by atoms with van der Waals surface area (Å²) >= 11 is 0.